The maximum Gasteiger partial charge on any atom is 0.205 e. The van der Waals surface area contributed by atoms with Crippen LogP contribution in [0.2, 0.25) is 0 Å². The van der Waals surface area contributed by atoms with Crippen molar-refractivity contribution in [3.05, 3.63) is 102 Å². The maximum absolute atomic E-state index is 13.4. The second kappa shape index (κ2) is 12.8. The van der Waals surface area contributed by atoms with Gasteiger partial charge in [-0.05, 0) is 62.1 Å². The number of piperazine rings is 1. The summed E-state index contributed by atoms with van der Waals surface area (Å²) in [4.78, 5) is 15.0. The number of ether oxygens (including phenoxy) is 3. The molecule has 44 heavy (non-hydrogen) atoms. The molecule has 4 aromatic rings. The van der Waals surface area contributed by atoms with Crippen LogP contribution >= 0.6 is 15.9 Å². The number of aryl methyl sites for hydroxylation is 1. The van der Waals surface area contributed by atoms with E-state index in [0.29, 0.717) is 18.5 Å². The minimum atomic E-state index is -0.943. The molecule has 0 spiro atoms. The van der Waals surface area contributed by atoms with Gasteiger partial charge in [-0.3, -0.25) is 0 Å². The van der Waals surface area contributed by atoms with Crippen LogP contribution in [0.4, 0.5) is 15.9 Å². The molecule has 7 rings (SSSR count). The first-order chi connectivity index (χ1) is 21.6. The molecular formula is C35H36BrFN4O3. The van der Waals surface area contributed by atoms with Gasteiger partial charge >= 0.3 is 0 Å². The van der Waals surface area contributed by atoms with E-state index in [2.05, 4.69) is 62.1 Å². The fourth-order valence-corrected chi connectivity index (χ4v) is 6.94. The lowest BCUT2D eigenvalue weighted by molar-refractivity contribution is -0.159. The lowest BCUT2D eigenvalue weighted by Gasteiger charge is -2.38. The standard InChI is InChI=1S/C35H36BrFN4O3/c36-24-35(26-10-12-27(37)13-11-26)43-23-30(44-35)22-42-29-16-14-28(15-17-29)40-18-20-41(21-19-40)34-31-8-4-5-9-32(31)38-33(39-34)25-6-2-1-3-7-25/h1-3,6-7,10-17,30H,4-5,8-9,18-24H2/t30-,35+/m1/s1. The first kappa shape index (κ1) is 29.2. The van der Waals surface area contributed by atoms with Crippen molar-refractivity contribution in [3.8, 4) is 17.1 Å². The topological polar surface area (TPSA) is 60.0 Å². The van der Waals surface area contributed by atoms with Gasteiger partial charge in [-0.25, -0.2) is 14.4 Å². The zero-order valence-electron chi connectivity index (χ0n) is 24.6. The SMILES string of the molecule is Fc1ccc([C@@]2(CBr)OC[C@@H](COc3ccc(N4CCN(c5nc(-c6ccccc6)nc6c5CCCC6)CC4)cc3)O2)cc1. The molecule has 1 aliphatic carbocycles. The number of hydrogen-bond acceptors (Lipinski definition) is 7. The van der Waals surface area contributed by atoms with Gasteiger partial charge in [-0.15, -0.1) is 0 Å². The molecule has 3 aromatic carbocycles. The molecule has 0 N–H and O–H groups in total. The number of fused-ring (bicyclic) bond motifs is 1. The van der Waals surface area contributed by atoms with Crippen molar-refractivity contribution in [3.63, 3.8) is 0 Å². The number of halogens is 2. The molecule has 2 aliphatic heterocycles. The average molecular weight is 660 g/mol. The molecule has 0 bridgehead atoms. The summed E-state index contributed by atoms with van der Waals surface area (Å²) in [7, 11) is 0. The molecule has 3 aliphatic rings. The van der Waals surface area contributed by atoms with Crippen molar-refractivity contribution in [2.45, 2.75) is 37.6 Å². The van der Waals surface area contributed by atoms with E-state index < -0.39 is 5.79 Å². The highest BCUT2D eigenvalue weighted by Gasteiger charge is 2.42. The van der Waals surface area contributed by atoms with Gasteiger partial charge in [0.05, 0.1) is 11.9 Å². The van der Waals surface area contributed by atoms with Gasteiger partial charge in [0.25, 0.3) is 0 Å². The number of aromatic nitrogens is 2. The Balaban J connectivity index is 0.962. The third kappa shape index (κ3) is 6.05. The van der Waals surface area contributed by atoms with Crippen LogP contribution in [0, 0.1) is 5.82 Å². The molecular weight excluding hydrogens is 623 g/mol. The highest BCUT2D eigenvalue weighted by Crippen LogP contribution is 2.37. The molecule has 228 valence electrons. The van der Waals surface area contributed by atoms with Gasteiger partial charge in [0.1, 0.15) is 30.1 Å². The van der Waals surface area contributed by atoms with E-state index in [1.165, 1.54) is 41.9 Å². The molecule has 2 atom stereocenters. The van der Waals surface area contributed by atoms with Crippen molar-refractivity contribution in [1.29, 1.82) is 0 Å². The van der Waals surface area contributed by atoms with Crippen molar-refractivity contribution in [1.82, 2.24) is 9.97 Å². The highest BCUT2D eigenvalue weighted by molar-refractivity contribution is 9.09. The summed E-state index contributed by atoms with van der Waals surface area (Å²) in [5.74, 6) is 1.52. The number of hydrogen-bond donors (Lipinski definition) is 0. The normalized spacial score (nSPS) is 21.7. The van der Waals surface area contributed by atoms with Crippen molar-refractivity contribution >= 4 is 27.4 Å². The molecule has 1 aromatic heterocycles. The molecule has 2 saturated heterocycles. The zero-order valence-corrected chi connectivity index (χ0v) is 26.2. The van der Waals surface area contributed by atoms with E-state index in [1.54, 1.807) is 12.1 Å². The van der Waals surface area contributed by atoms with Crippen LogP contribution in [-0.4, -0.2) is 60.8 Å². The summed E-state index contributed by atoms with van der Waals surface area (Å²) in [6, 6.07) is 24.8. The monoisotopic (exact) mass is 658 g/mol. The lowest BCUT2D eigenvalue weighted by atomic mass is 9.95. The third-order valence-corrected chi connectivity index (χ3v) is 9.47. The van der Waals surface area contributed by atoms with Crippen molar-refractivity contribution in [2.75, 3.05) is 54.5 Å². The van der Waals surface area contributed by atoms with Crippen molar-refractivity contribution in [2.24, 2.45) is 0 Å². The summed E-state index contributed by atoms with van der Waals surface area (Å²) < 4.78 is 31.8. The van der Waals surface area contributed by atoms with Crippen LogP contribution in [0.1, 0.15) is 29.7 Å². The van der Waals surface area contributed by atoms with Crippen LogP contribution in [0.25, 0.3) is 11.4 Å². The minimum absolute atomic E-state index is 0.236. The average Bonchev–Trinajstić information content (AvgIpc) is 3.52. The second-order valence-corrected chi connectivity index (χ2v) is 12.2. The Morgan fingerprint density at radius 1 is 0.864 bits per heavy atom. The molecule has 0 radical (unpaired) electrons. The number of alkyl halides is 1. The summed E-state index contributed by atoms with van der Waals surface area (Å²) >= 11 is 3.51. The lowest BCUT2D eigenvalue weighted by Crippen LogP contribution is -2.47. The molecule has 0 unspecified atom stereocenters. The van der Waals surface area contributed by atoms with Gasteiger partial charge in [-0.1, -0.05) is 58.4 Å². The molecule has 3 heterocycles. The van der Waals surface area contributed by atoms with Gasteiger partial charge in [-0.2, -0.15) is 0 Å². The largest absolute Gasteiger partial charge is 0.491 e. The summed E-state index contributed by atoms with van der Waals surface area (Å²) in [6.07, 6.45) is 4.25. The van der Waals surface area contributed by atoms with Gasteiger partial charge in [0, 0.05) is 54.3 Å². The van der Waals surface area contributed by atoms with E-state index >= 15 is 0 Å². The molecule has 0 amide bonds. The van der Waals surface area contributed by atoms with E-state index in [4.69, 9.17) is 24.2 Å². The first-order valence-corrected chi connectivity index (χ1v) is 16.5. The Morgan fingerprint density at radius 2 is 1.59 bits per heavy atom. The van der Waals surface area contributed by atoms with Crippen molar-refractivity contribution < 1.29 is 18.6 Å². The molecule has 9 heteroatoms. The fourth-order valence-electron chi connectivity index (χ4n) is 6.32. The minimum Gasteiger partial charge on any atom is -0.491 e. The summed E-state index contributed by atoms with van der Waals surface area (Å²) in [5.41, 5.74) is 5.60. The predicted octanol–water partition coefficient (Wildman–Crippen LogP) is 6.53. The Kier molecular flexibility index (Phi) is 8.51. The van der Waals surface area contributed by atoms with Crippen LogP contribution in [0.5, 0.6) is 5.75 Å². The quantitative estimate of drug-likeness (QED) is 0.200. The van der Waals surface area contributed by atoms with E-state index in [0.717, 1.165) is 67.5 Å². The van der Waals surface area contributed by atoms with Crippen LogP contribution in [0.15, 0.2) is 78.9 Å². The predicted molar refractivity (Wildman–Crippen MR) is 173 cm³/mol. The smallest absolute Gasteiger partial charge is 0.205 e. The van der Waals surface area contributed by atoms with Crippen LogP contribution in [-0.2, 0) is 28.1 Å². The summed E-state index contributed by atoms with van der Waals surface area (Å²) in [6.45, 7) is 4.43. The van der Waals surface area contributed by atoms with Crippen LogP contribution in [0.3, 0.4) is 0 Å². The second-order valence-electron chi connectivity index (χ2n) is 11.6. The number of rotatable bonds is 8. The Morgan fingerprint density at radius 3 is 2.34 bits per heavy atom. The first-order valence-electron chi connectivity index (χ1n) is 15.4. The molecule has 7 nitrogen and oxygen atoms in total. The third-order valence-electron chi connectivity index (χ3n) is 8.73. The van der Waals surface area contributed by atoms with Gasteiger partial charge in [0.2, 0.25) is 5.79 Å². The Labute approximate surface area is 266 Å². The van der Waals surface area contributed by atoms with Gasteiger partial charge in [0.15, 0.2) is 5.82 Å². The maximum atomic E-state index is 13.4. The molecule has 0 saturated carbocycles. The van der Waals surface area contributed by atoms with Gasteiger partial charge < -0.3 is 24.0 Å². The van der Waals surface area contributed by atoms with E-state index in [9.17, 15) is 4.39 Å². The Hall–Kier alpha value is -3.53. The Bertz CT molecular complexity index is 1570. The number of anilines is 2. The fraction of sp³-hybridized carbons (Fsp3) is 0.371. The highest BCUT2D eigenvalue weighted by atomic mass is 79.9. The molecule has 2 fully saturated rings. The van der Waals surface area contributed by atoms with Crippen LogP contribution < -0.4 is 14.5 Å². The zero-order chi connectivity index (χ0) is 29.9. The number of nitrogens with zero attached hydrogens (tertiary/aromatic N) is 4. The number of benzene rings is 3. The van der Waals surface area contributed by atoms with E-state index in [-0.39, 0.29) is 11.9 Å². The van der Waals surface area contributed by atoms with E-state index in [1.807, 2.05) is 18.2 Å². The summed E-state index contributed by atoms with van der Waals surface area (Å²) in [5, 5.41) is 0.442.